The van der Waals surface area contributed by atoms with E-state index < -0.39 is 0 Å². The Kier molecular flexibility index (Phi) is 4.50. The third kappa shape index (κ3) is 3.51. The van der Waals surface area contributed by atoms with Gasteiger partial charge in [0.15, 0.2) is 0 Å². The second kappa shape index (κ2) is 6.12. The van der Waals surface area contributed by atoms with Crippen molar-refractivity contribution in [2.75, 3.05) is 19.6 Å². The van der Waals surface area contributed by atoms with Gasteiger partial charge in [0.25, 0.3) is 0 Å². The highest BCUT2D eigenvalue weighted by molar-refractivity contribution is 4.90. The fraction of sp³-hybridized carbons (Fsp3) is 0.833. The van der Waals surface area contributed by atoms with E-state index in [2.05, 4.69) is 22.1 Å². The molecule has 2 N–H and O–H groups in total. The molecular weight excluding hydrogens is 214 g/mol. The molecule has 5 nitrogen and oxygen atoms in total. The molecule has 0 saturated carbocycles. The number of likely N-dealkylation sites (tertiary alicyclic amines) is 1. The summed E-state index contributed by atoms with van der Waals surface area (Å²) in [7, 11) is 0. The first-order chi connectivity index (χ1) is 8.31. The summed E-state index contributed by atoms with van der Waals surface area (Å²) in [6, 6.07) is 0. The van der Waals surface area contributed by atoms with Gasteiger partial charge in [0.05, 0.1) is 12.2 Å². The van der Waals surface area contributed by atoms with Crippen LogP contribution >= 0.6 is 0 Å². The first-order valence-electron chi connectivity index (χ1n) is 6.63. The summed E-state index contributed by atoms with van der Waals surface area (Å²) in [4.78, 5) is 2.52. The zero-order chi connectivity index (χ0) is 12.1. The molecule has 2 rings (SSSR count). The molecule has 0 aliphatic carbocycles. The van der Waals surface area contributed by atoms with Crippen LogP contribution in [0.1, 0.15) is 31.9 Å². The first kappa shape index (κ1) is 12.5. The maximum Gasteiger partial charge on any atom is 0.0962 e. The van der Waals surface area contributed by atoms with Crippen LogP contribution in [0.2, 0.25) is 0 Å². The number of hydrogen-bond donors (Lipinski definition) is 1. The Balaban J connectivity index is 1.72. The van der Waals surface area contributed by atoms with Crippen LogP contribution in [0.4, 0.5) is 0 Å². The average molecular weight is 237 g/mol. The SMILES string of the molecule is CCC1CCN(CCn2cc(CN)nn2)CC1. The summed E-state index contributed by atoms with van der Waals surface area (Å²) < 4.78 is 1.90. The minimum Gasteiger partial charge on any atom is -0.325 e. The standard InChI is InChI=1S/C12H23N5/c1-2-11-3-5-16(6-4-11)7-8-17-10-12(9-13)14-15-17/h10-11H,2-9,13H2,1H3. The molecule has 1 saturated heterocycles. The van der Waals surface area contributed by atoms with Gasteiger partial charge in [0.2, 0.25) is 0 Å². The lowest BCUT2D eigenvalue weighted by Gasteiger charge is -2.31. The van der Waals surface area contributed by atoms with Crippen LogP contribution in [-0.2, 0) is 13.1 Å². The monoisotopic (exact) mass is 237 g/mol. The van der Waals surface area contributed by atoms with Gasteiger partial charge in [-0.2, -0.15) is 0 Å². The summed E-state index contributed by atoms with van der Waals surface area (Å²) in [5.41, 5.74) is 6.38. The fourth-order valence-corrected chi connectivity index (χ4v) is 2.40. The normalized spacial score (nSPS) is 18.7. The molecule has 1 aromatic rings. The van der Waals surface area contributed by atoms with Gasteiger partial charge in [-0.25, -0.2) is 0 Å². The van der Waals surface area contributed by atoms with Gasteiger partial charge in [0, 0.05) is 19.3 Å². The van der Waals surface area contributed by atoms with Gasteiger partial charge in [-0.1, -0.05) is 18.6 Å². The molecule has 1 fully saturated rings. The van der Waals surface area contributed by atoms with Crippen molar-refractivity contribution in [1.29, 1.82) is 0 Å². The van der Waals surface area contributed by atoms with E-state index >= 15 is 0 Å². The maximum atomic E-state index is 5.51. The smallest absolute Gasteiger partial charge is 0.0962 e. The Labute approximate surface area is 103 Å². The van der Waals surface area contributed by atoms with Crippen molar-refractivity contribution in [3.05, 3.63) is 11.9 Å². The second-order valence-corrected chi connectivity index (χ2v) is 4.87. The fourth-order valence-electron chi connectivity index (χ4n) is 2.40. The number of rotatable bonds is 5. The molecular formula is C12H23N5. The largest absolute Gasteiger partial charge is 0.325 e. The number of nitrogens with two attached hydrogens (primary N) is 1. The predicted molar refractivity (Wildman–Crippen MR) is 67.4 cm³/mol. The zero-order valence-electron chi connectivity index (χ0n) is 10.7. The summed E-state index contributed by atoms with van der Waals surface area (Å²) in [5, 5.41) is 8.06. The Morgan fingerprint density at radius 1 is 1.35 bits per heavy atom. The Morgan fingerprint density at radius 2 is 2.12 bits per heavy atom. The third-order valence-corrected chi connectivity index (χ3v) is 3.73. The summed E-state index contributed by atoms with van der Waals surface area (Å²) in [5.74, 6) is 0.946. The van der Waals surface area contributed by atoms with Crippen LogP contribution in [0, 0.1) is 5.92 Å². The van der Waals surface area contributed by atoms with Crippen molar-refractivity contribution in [2.45, 2.75) is 39.3 Å². The van der Waals surface area contributed by atoms with E-state index in [9.17, 15) is 0 Å². The van der Waals surface area contributed by atoms with Crippen LogP contribution in [-0.4, -0.2) is 39.5 Å². The van der Waals surface area contributed by atoms with E-state index in [0.717, 1.165) is 24.7 Å². The van der Waals surface area contributed by atoms with Gasteiger partial charge in [-0.3, -0.25) is 4.68 Å². The molecule has 0 spiro atoms. The first-order valence-corrected chi connectivity index (χ1v) is 6.63. The number of hydrogen-bond acceptors (Lipinski definition) is 4. The lowest BCUT2D eigenvalue weighted by Crippen LogP contribution is -2.35. The van der Waals surface area contributed by atoms with Gasteiger partial charge in [0.1, 0.15) is 0 Å². The van der Waals surface area contributed by atoms with E-state index in [-0.39, 0.29) is 0 Å². The molecule has 17 heavy (non-hydrogen) atoms. The number of aromatic nitrogens is 3. The lowest BCUT2D eigenvalue weighted by molar-refractivity contribution is 0.174. The van der Waals surface area contributed by atoms with Crippen molar-refractivity contribution < 1.29 is 0 Å². The van der Waals surface area contributed by atoms with Crippen molar-refractivity contribution in [2.24, 2.45) is 11.7 Å². The van der Waals surface area contributed by atoms with E-state index in [1.807, 2.05) is 10.9 Å². The van der Waals surface area contributed by atoms with Gasteiger partial charge >= 0.3 is 0 Å². The summed E-state index contributed by atoms with van der Waals surface area (Å²) in [6.07, 6.45) is 5.97. The highest BCUT2D eigenvalue weighted by Gasteiger charge is 2.17. The molecule has 5 heteroatoms. The van der Waals surface area contributed by atoms with Gasteiger partial charge < -0.3 is 10.6 Å². The quantitative estimate of drug-likeness (QED) is 0.825. The third-order valence-electron chi connectivity index (χ3n) is 3.73. The van der Waals surface area contributed by atoms with Gasteiger partial charge in [-0.05, 0) is 31.8 Å². The molecule has 0 bridgehead atoms. The van der Waals surface area contributed by atoms with Crippen LogP contribution in [0.5, 0.6) is 0 Å². The molecule has 1 aliphatic rings. The van der Waals surface area contributed by atoms with Crippen LogP contribution in [0.25, 0.3) is 0 Å². The highest BCUT2D eigenvalue weighted by atomic mass is 15.4. The second-order valence-electron chi connectivity index (χ2n) is 4.87. The van der Waals surface area contributed by atoms with Crippen molar-refractivity contribution >= 4 is 0 Å². The van der Waals surface area contributed by atoms with Crippen molar-refractivity contribution in [3.8, 4) is 0 Å². The van der Waals surface area contributed by atoms with Crippen LogP contribution in [0.3, 0.4) is 0 Å². The molecule has 2 heterocycles. The minimum atomic E-state index is 0.474. The van der Waals surface area contributed by atoms with E-state index in [1.54, 1.807) is 0 Å². The highest BCUT2D eigenvalue weighted by Crippen LogP contribution is 2.19. The molecule has 0 aromatic carbocycles. The molecule has 0 unspecified atom stereocenters. The number of piperidine rings is 1. The van der Waals surface area contributed by atoms with E-state index in [0.29, 0.717) is 6.54 Å². The predicted octanol–water partition coefficient (Wildman–Crippen LogP) is 0.859. The maximum absolute atomic E-state index is 5.51. The molecule has 0 amide bonds. The molecule has 0 radical (unpaired) electrons. The zero-order valence-corrected chi connectivity index (χ0v) is 10.7. The van der Waals surface area contributed by atoms with Crippen molar-refractivity contribution in [3.63, 3.8) is 0 Å². The Hall–Kier alpha value is -0.940. The topological polar surface area (TPSA) is 60.0 Å². The average Bonchev–Trinajstić information content (AvgIpc) is 2.85. The van der Waals surface area contributed by atoms with E-state index in [1.165, 1.54) is 32.4 Å². The van der Waals surface area contributed by atoms with Crippen molar-refractivity contribution in [1.82, 2.24) is 19.9 Å². The summed E-state index contributed by atoms with van der Waals surface area (Å²) in [6.45, 7) is 7.23. The molecule has 96 valence electrons. The van der Waals surface area contributed by atoms with Gasteiger partial charge in [-0.15, -0.1) is 5.10 Å². The Morgan fingerprint density at radius 3 is 2.71 bits per heavy atom. The molecule has 1 aromatic heterocycles. The van der Waals surface area contributed by atoms with E-state index in [4.69, 9.17) is 5.73 Å². The molecule has 1 aliphatic heterocycles. The molecule has 0 atom stereocenters. The summed E-state index contributed by atoms with van der Waals surface area (Å²) >= 11 is 0. The lowest BCUT2D eigenvalue weighted by atomic mass is 9.94. The Bertz CT molecular complexity index is 327. The van der Waals surface area contributed by atoms with Crippen LogP contribution < -0.4 is 5.73 Å². The van der Waals surface area contributed by atoms with Crippen LogP contribution in [0.15, 0.2) is 6.20 Å². The number of nitrogens with zero attached hydrogens (tertiary/aromatic N) is 4. The minimum absolute atomic E-state index is 0.474.